The second kappa shape index (κ2) is 6.16. The number of carbonyl (C=O) groups is 1. The summed E-state index contributed by atoms with van der Waals surface area (Å²) in [5.41, 5.74) is 3.07. The van der Waals surface area contributed by atoms with Crippen LogP contribution >= 0.6 is 22.6 Å². The number of carbonyl (C=O) groups excluding carboxylic acids is 1. The molecule has 2 aromatic carbocycles. The summed E-state index contributed by atoms with van der Waals surface area (Å²) in [6, 6.07) is 12.9. The molecule has 0 saturated heterocycles. The number of aliphatic hydroxyl groups is 1. The van der Waals surface area contributed by atoms with Crippen molar-refractivity contribution in [1.29, 1.82) is 0 Å². The highest BCUT2D eigenvalue weighted by Crippen LogP contribution is 2.20. The number of hydrogen-bond donors (Lipinski definition) is 2. The summed E-state index contributed by atoms with van der Waals surface area (Å²) in [7, 11) is 0. The smallest absolute Gasteiger partial charge is 0.256 e. The lowest BCUT2D eigenvalue weighted by atomic mass is 10.1. The van der Waals surface area contributed by atoms with Crippen LogP contribution in [0.3, 0.4) is 0 Å². The van der Waals surface area contributed by atoms with Gasteiger partial charge in [0.05, 0.1) is 12.2 Å². The van der Waals surface area contributed by atoms with Crippen LogP contribution in [0, 0.1) is 10.5 Å². The standard InChI is InChI=1S/C15H14INO2/c1-10-5-4-7-12(14(10)16)15(19)17-13-8-3-2-6-11(13)9-18/h2-8,18H,9H2,1H3,(H,17,19). The van der Waals surface area contributed by atoms with Crippen molar-refractivity contribution < 1.29 is 9.90 Å². The Morgan fingerprint density at radius 2 is 1.95 bits per heavy atom. The molecule has 2 N–H and O–H groups in total. The molecule has 19 heavy (non-hydrogen) atoms. The minimum atomic E-state index is -0.158. The third-order valence-electron chi connectivity index (χ3n) is 2.87. The van der Waals surface area contributed by atoms with Crippen molar-refractivity contribution in [2.45, 2.75) is 13.5 Å². The normalized spacial score (nSPS) is 10.3. The average Bonchev–Trinajstić information content (AvgIpc) is 2.42. The van der Waals surface area contributed by atoms with Gasteiger partial charge in [0.1, 0.15) is 0 Å². The summed E-state index contributed by atoms with van der Waals surface area (Å²) in [5, 5.41) is 12.1. The Balaban J connectivity index is 2.28. The fourth-order valence-corrected chi connectivity index (χ4v) is 2.40. The summed E-state index contributed by atoms with van der Waals surface area (Å²) in [6.45, 7) is 1.88. The minimum absolute atomic E-state index is 0.0959. The first-order valence-electron chi connectivity index (χ1n) is 5.88. The van der Waals surface area contributed by atoms with Gasteiger partial charge in [-0.05, 0) is 47.2 Å². The lowest BCUT2D eigenvalue weighted by molar-refractivity contribution is 0.102. The van der Waals surface area contributed by atoms with Crippen molar-refractivity contribution in [3.05, 3.63) is 62.7 Å². The van der Waals surface area contributed by atoms with E-state index in [4.69, 9.17) is 0 Å². The van der Waals surface area contributed by atoms with Crippen molar-refractivity contribution in [2.75, 3.05) is 5.32 Å². The third kappa shape index (κ3) is 3.13. The predicted molar refractivity (Wildman–Crippen MR) is 84.2 cm³/mol. The molecular formula is C15H14INO2. The van der Waals surface area contributed by atoms with Crippen LogP contribution in [0.4, 0.5) is 5.69 Å². The molecule has 0 aliphatic rings. The van der Waals surface area contributed by atoms with Crippen LogP contribution in [0.2, 0.25) is 0 Å². The summed E-state index contributed by atoms with van der Waals surface area (Å²) in [6.07, 6.45) is 0. The lowest BCUT2D eigenvalue weighted by Crippen LogP contribution is -2.15. The summed E-state index contributed by atoms with van der Waals surface area (Å²) >= 11 is 2.17. The largest absolute Gasteiger partial charge is 0.392 e. The molecule has 0 spiro atoms. The molecule has 2 rings (SSSR count). The molecule has 0 unspecified atom stereocenters. The zero-order valence-electron chi connectivity index (χ0n) is 10.5. The fraction of sp³-hybridized carbons (Fsp3) is 0.133. The van der Waals surface area contributed by atoms with Crippen molar-refractivity contribution in [2.24, 2.45) is 0 Å². The van der Waals surface area contributed by atoms with Crippen LogP contribution < -0.4 is 5.32 Å². The van der Waals surface area contributed by atoms with Gasteiger partial charge in [0.25, 0.3) is 5.91 Å². The number of anilines is 1. The van der Waals surface area contributed by atoms with Crippen LogP contribution in [0.15, 0.2) is 42.5 Å². The van der Waals surface area contributed by atoms with Gasteiger partial charge < -0.3 is 10.4 Å². The van der Waals surface area contributed by atoms with Gasteiger partial charge in [-0.2, -0.15) is 0 Å². The number of benzene rings is 2. The first-order chi connectivity index (χ1) is 9.13. The van der Waals surface area contributed by atoms with Crippen LogP contribution in [0.5, 0.6) is 0 Å². The quantitative estimate of drug-likeness (QED) is 0.818. The first kappa shape index (κ1) is 14.0. The number of nitrogens with one attached hydrogen (secondary N) is 1. The zero-order chi connectivity index (χ0) is 13.8. The van der Waals surface area contributed by atoms with Gasteiger partial charge in [-0.15, -0.1) is 0 Å². The predicted octanol–water partition coefficient (Wildman–Crippen LogP) is 3.34. The maximum Gasteiger partial charge on any atom is 0.256 e. The Bertz CT molecular complexity index is 611. The molecular weight excluding hydrogens is 353 g/mol. The van der Waals surface area contributed by atoms with Gasteiger partial charge in [0, 0.05) is 14.8 Å². The van der Waals surface area contributed by atoms with Crippen molar-refractivity contribution in [3.8, 4) is 0 Å². The molecule has 0 aliphatic carbocycles. The van der Waals surface area contributed by atoms with Crippen LogP contribution in [0.25, 0.3) is 0 Å². The number of para-hydroxylation sites is 1. The molecule has 0 atom stereocenters. The van der Waals surface area contributed by atoms with E-state index in [0.29, 0.717) is 16.8 Å². The summed E-state index contributed by atoms with van der Waals surface area (Å²) < 4.78 is 0.944. The molecule has 0 aliphatic heterocycles. The van der Waals surface area contributed by atoms with Crippen LogP contribution in [0.1, 0.15) is 21.5 Å². The number of rotatable bonds is 3. The Labute approximate surface area is 125 Å². The van der Waals surface area contributed by atoms with E-state index in [0.717, 1.165) is 9.13 Å². The van der Waals surface area contributed by atoms with Gasteiger partial charge in [-0.1, -0.05) is 30.3 Å². The molecule has 0 bridgehead atoms. The fourth-order valence-electron chi connectivity index (χ4n) is 1.79. The first-order valence-corrected chi connectivity index (χ1v) is 6.96. The van der Waals surface area contributed by atoms with Crippen LogP contribution in [-0.2, 0) is 6.61 Å². The second-order valence-corrected chi connectivity index (χ2v) is 5.28. The number of hydrogen-bond acceptors (Lipinski definition) is 2. The van der Waals surface area contributed by atoms with E-state index in [2.05, 4.69) is 27.9 Å². The number of amides is 1. The monoisotopic (exact) mass is 367 g/mol. The maximum absolute atomic E-state index is 12.3. The van der Waals surface area contributed by atoms with E-state index >= 15 is 0 Å². The molecule has 3 nitrogen and oxygen atoms in total. The van der Waals surface area contributed by atoms with E-state index in [1.54, 1.807) is 18.2 Å². The summed E-state index contributed by atoms with van der Waals surface area (Å²) in [4.78, 5) is 12.3. The Morgan fingerprint density at radius 3 is 2.68 bits per heavy atom. The van der Waals surface area contributed by atoms with E-state index in [9.17, 15) is 9.90 Å². The van der Waals surface area contributed by atoms with Crippen molar-refractivity contribution in [3.63, 3.8) is 0 Å². The van der Waals surface area contributed by atoms with Crippen LogP contribution in [-0.4, -0.2) is 11.0 Å². The highest BCUT2D eigenvalue weighted by molar-refractivity contribution is 14.1. The Hall–Kier alpha value is -1.40. The molecule has 4 heteroatoms. The highest BCUT2D eigenvalue weighted by Gasteiger charge is 2.12. The lowest BCUT2D eigenvalue weighted by Gasteiger charge is -2.11. The average molecular weight is 367 g/mol. The highest BCUT2D eigenvalue weighted by atomic mass is 127. The molecule has 0 fully saturated rings. The third-order valence-corrected chi connectivity index (χ3v) is 4.30. The number of aliphatic hydroxyl groups excluding tert-OH is 1. The van der Waals surface area contributed by atoms with E-state index in [-0.39, 0.29) is 12.5 Å². The number of aryl methyl sites for hydroxylation is 1. The molecule has 0 radical (unpaired) electrons. The maximum atomic E-state index is 12.3. The molecule has 0 saturated carbocycles. The van der Waals surface area contributed by atoms with Crippen molar-refractivity contribution >= 4 is 34.2 Å². The van der Waals surface area contributed by atoms with Gasteiger partial charge in [0.2, 0.25) is 0 Å². The van der Waals surface area contributed by atoms with Crippen molar-refractivity contribution in [1.82, 2.24) is 0 Å². The Kier molecular flexibility index (Phi) is 4.55. The topological polar surface area (TPSA) is 49.3 Å². The van der Waals surface area contributed by atoms with Gasteiger partial charge in [-0.3, -0.25) is 4.79 Å². The summed E-state index contributed by atoms with van der Waals surface area (Å²) in [5.74, 6) is -0.158. The molecule has 1 amide bonds. The Morgan fingerprint density at radius 1 is 1.21 bits per heavy atom. The zero-order valence-corrected chi connectivity index (χ0v) is 12.6. The van der Waals surface area contributed by atoms with Gasteiger partial charge in [0.15, 0.2) is 0 Å². The van der Waals surface area contributed by atoms with E-state index in [1.807, 2.05) is 31.2 Å². The number of halogens is 1. The molecule has 2 aromatic rings. The molecule has 0 heterocycles. The molecule has 0 aromatic heterocycles. The van der Waals surface area contributed by atoms with E-state index in [1.165, 1.54) is 0 Å². The molecule has 98 valence electrons. The van der Waals surface area contributed by atoms with Gasteiger partial charge >= 0.3 is 0 Å². The SMILES string of the molecule is Cc1cccc(C(=O)Nc2ccccc2CO)c1I. The second-order valence-electron chi connectivity index (χ2n) is 4.21. The van der Waals surface area contributed by atoms with Gasteiger partial charge in [-0.25, -0.2) is 0 Å². The minimum Gasteiger partial charge on any atom is -0.392 e. The van der Waals surface area contributed by atoms with E-state index < -0.39 is 0 Å².